The number of carbonyl (C=O) groups is 1. The summed E-state index contributed by atoms with van der Waals surface area (Å²) in [6, 6.07) is 1.97. The number of aromatic nitrogens is 3. The highest BCUT2D eigenvalue weighted by Crippen LogP contribution is 2.68. The molecule has 2 aromatic rings. The third-order valence-electron chi connectivity index (χ3n) is 11.9. The quantitative estimate of drug-likeness (QED) is 0.535. The van der Waals surface area contributed by atoms with Gasteiger partial charge in [0, 0.05) is 23.7 Å². The summed E-state index contributed by atoms with van der Waals surface area (Å²) in [6.07, 6.45) is 17.3. The molecule has 9 atom stereocenters. The molecule has 4 fully saturated rings. The van der Waals surface area contributed by atoms with E-state index in [2.05, 4.69) is 37.8 Å². The molecule has 5 nitrogen and oxygen atoms in total. The van der Waals surface area contributed by atoms with E-state index in [0.29, 0.717) is 35.5 Å². The zero-order chi connectivity index (χ0) is 25.3. The van der Waals surface area contributed by atoms with Gasteiger partial charge in [-0.15, -0.1) is 0 Å². The van der Waals surface area contributed by atoms with Crippen molar-refractivity contribution in [2.45, 2.75) is 104 Å². The van der Waals surface area contributed by atoms with Gasteiger partial charge in [-0.25, -0.2) is 0 Å². The number of ketones is 1. The van der Waals surface area contributed by atoms with Crippen LogP contribution in [-0.2, 0) is 11.3 Å². The van der Waals surface area contributed by atoms with Gasteiger partial charge in [-0.1, -0.05) is 33.6 Å². The van der Waals surface area contributed by atoms with Gasteiger partial charge in [-0.3, -0.25) is 14.5 Å². The molecule has 0 radical (unpaired) electrons. The molecule has 2 heterocycles. The first-order chi connectivity index (χ1) is 17.1. The Morgan fingerprint density at radius 3 is 2.72 bits per heavy atom. The number of hydrogen-bond donors (Lipinski definition) is 1. The second-order valence-corrected chi connectivity index (χ2v) is 13.9. The predicted molar refractivity (Wildman–Crippen MR) is 142 cm³/mol. The molecule has 2 aromatic heterocycles. The Balaban J connectivity index is 1.27. The first-order valence-corrected chi connectivity index (χ1v) is 14.7. The van der Waals surface area contributed by atoms with Gasteiger partial charge in [0.25, 0.3) is 0 Å². The van der Waals surface area contributed by atoms with E-state index in [-0.39, 0.29) is 11.3 Å². The highest BCUT2D eigenvalue weighted by atomic mass is 16.3. The van der Waals surface area contributed by atoms with Crippen LogP contribution in [0.1, 0.15) is 91.9 Å². The van der Waals surface area contributed by atoms with Gasteiger partial charge in [-0.05, 0) is 105 Å². The lowest BCUT2D eigenvalue weighted by atomic mass is 9.48. The molecule has 1 N–H and O–H groups in total. The van der Waals surface area contributed by atoms with E-state index in [9.17, 15) is 9.90 Å². The first kappa shape index (κ1) is 24.6. The van der Waals surface area contributed by atoms with E-state index in [0.717, 1.165) is 48.4 Å². The number of pyridine rings is 1. The Kier molecular flexibility index (Phi) is 5.90. The van der Waals surface area contributed by atoms with Crippen molar-refractivity contribution in [2.75, 3.05) is 0 Å². The van der Waals surface area contributed by atoms with Crippen LogP contribution in [0.5, 0.6) is 0 Å². The summed E-state index contributed by atoms with van der Waals surface area (Å²) < 4.78 is 1.86. The standard InChI is InChI=1S/C31H45N3O2/c1-5-20-15-25-23-8-6-7-22-16-29(2,36)12-13-30(22,3)24(23)9-11-31(25,4)28(20)27(35)19-34-18-21-10-14-32-17-26(21)33-34/h10,14,17-18,20,22-25,28,36H,5-9,11-13,15-16,19H2,1-4H3/t20-,22+,23+,24+,25+,28-,29-,30+,31+/m1/s1. The summed E-state index contributed by atoms with van der Waals surface area (Å²) in [5, 5.41) is 16.6. The van der Waals surface area contributed by atoms with Gasteiger partial charge in [0.2, 0.25) is 0 Å². The van der Waals surface area contributed by atoms with E-state index < -0.39 is 5.60 Å². The summed E-state index contributed by atoms with van der Waals surface area (Å²) in [5.41, 5.74) is 0.820. The number of carbonyl (C=O) groups excluding carboxylic acids is 1. The number of fused-ring (bicyclic) bond motifs is 6. The number of hydrogen-bond acceptors (Lipinski definition) is 4. The minimum atomic E-state index is -0.487. The average molecular weight is 492 g/mol. The molecular formula is C31H45N3O2. The summed E-state index contributed by atoms with van der Waals surface area (Å²) in [5.74, 6) is 3.77. The van der Waals surface area contributed by atoms with Crippen molar-refractivity contribution in [3.8, 4) is 0 Å². The highest BCUT2D eigenvalue weighted by Gasteiger charge is 2.62. The fourth-order valence-corrected chi connectivity index (χ4v) is 10.1. The van der Waals surface area contributed by atoms with E-state index in [1.54, 1.807) is 12.4 Å². The smallest absolute Gasteiger partial charge is 0.158 e. The molecule has 4 aliphatic carbocycles. The zero-order valence-corrected chi connectivity index (χ0v) is 22.7. The molecule has 36 heavy (non-hydrogen) atoms. The van der Waals surface area contributed by atoms with Crippen LogP contribution in [0.25, 0.3) is 10.9 Å². The maximum absolute atomic E-state index is 14.0. The zero-order valence-electron chi connectivity index (χ0n) is 22.7. The minimum absolute atomic E-state index is 0.101. The molecule has 0 aliphatic heterocycles. The molecule has 196 valence electrons. The second kappa shape index (κ2) is 8.64. The highest BCUT2D eigenvalue weighted by molar-refractivity contribution is 5.83. The fourth-order valence-electron chi connectivity index (χ4n) is 10.1. The summed E-state index contributed by atoms with van der Waals surface area (Å²) in [7, 11) is 0. The molecule has 5 heteroatoms. The van der Waals surface area contributed by atoms with Crippen molar-refractivity contribution >= 4 is 16.7 Å². The van der Waals surface area contributed by atoms with E-state index in [1.807, 2.05) is 16.9 Å². The van der Waals surface area contributed by atoms with E-state index in [4.69, 9.17) is 0 Å². The molecule has 0 spiro atoms. The predicted octanol–water partition coefficient (Wildman–Crippen LogP) is 6.44. The molecule has 0 bridgehead atoms. The lowest BCUT2D eigenvalue weighted by molar-refractivity contribution is -0.135. The molecule has 0 aromatic carbocycles. The number of nitrogens with zero attached hydrogens (tertiary/aromatic N) is 3. The average Bonchev–Trinajstić information content (AvgIpc) is 3.34. The summed E-state index contributed by atoms with van der Waals surface area (Å²) >= 11 is 0. The Labute approximate surface area is 216 Å². The number of Topliss-reactive ketones (excluding diaryl/α,β-unsaturated/α-hetero) is 1. The summed E-state index contributed by atoms with van der Waals surface area (Å²) in [6.45, 7) is 9.79. The van der Waals surface area contributed by atoms with Crippen molar-refractivity contribution in [1.29, 1.82) is 0 Å². The lowest BCUT2D eigenvalue weighted by Gasteiger charge is -2.57. The molecule has 0 amide bonds. The van der Waals surface area contributed by atoms with Gasteiger partial charge < -0.3 is 5.11 Å². The van der Waals surface area contributed by atoms with Gasteiger partial charge in [0.1, 0.15) is 5.52 Å². The number of aliphatic hydroxyl groups is 1. The molecule has 0 unspecified atom stereocenters. The van der Waals surface area contributed by atoms with Crippen molar-refractivity contribution in [3.05, 3.63) is 24.7 Å². The number of rotatable bonds is 4. The monoisotopic (exact) mass is 491 g/mol. The Hall–Kier alpha value is -1.75. The van der Waals surface area contributed by atoms with Crippen LogP contribution in [0.2, 0.25) is 0 Å². The largest absolute Gasteiger partial charge is 0.390 e. The molecule has 6 rings (SSSR count). The fraction of sp³-hybridized carbons (Fsp3) is 0.774. The third-order valence-corrected chi connectivity index (χ3v) is 11.9. The van der Waals surface area contributed by atoms with Crippen LogP contribution in [0.4, 0.5) is 0 Å². The van der Waals surface area contributed by atoms with Crippen LogP contribution < -0.4 is 0 Å². The third kappa shape index (κ3) is 3.78. The van der Waals surface area contributed by atoms with Crippen LogP contribution in [-0.4, -0.2) is 31.3 Å². The van der Waals surface area contributed by atoms with Crippen LogP contribution in [0.15, 0.2) is 24.7 Å². The maximum atomic E-state index is 14.0. The first-order valence-electron chi connectivity index (χ1n) is 14.7. The lowest BCUT2D eigenvalue weighted by Crippen LogP contribution is -2.52. The van der Waals surface area contributed by atoms with E-state index in [1.165, 1.54) is 38.5 Å². The minimum Gasteiger partial charge on any atom is -0.390 e. The SMILES string of the molecule is CC[C@@H]1C[C@H]2[C@H]3CCC[C@H]4C[C@](C)(O)CC[C@]4(C)[C@H]3CC[C@]2(C)[C@H]1C(=O)Cn1cc2ccncc2n1. The van der Waals surface area contributed by atoms with Gasteiger partial charge in [0.05, 0.1) is 18.3 Å². The van der Waals surface area contributed by atoms with Gasteiger partial charge >= 0.3 is 0 Å². The topological polar surface area (TPSA) is 68.0 Å². The van der Waals surface area contributed by atoms with Crippen LogP contribution in [0.3, 0.4) is 0 Å². The normalized spacial score (nSPS) is 44.5. The molecular weight excluding hydrogens is 446 g/mol. The Bertz CT molecular complexity index is 1110. The van der Waals surface area contributed by atoms with Crippen LogP contribution in [0, 0.1) is 46.3 Å². The van der Waals surface area contributed by atoms with Crippen molar-refractivity contribution < 1.29 is 9.90 Å². The van der Waals surface area contributed by atoms with Gasteiger partial charge in [0.15, 0.2) is 5.78 Å². The maximum Gasteiger partial charge on any atom is 0.158 e. The van der Waals surface area contributed by atoms with Gasteiger partial charge in [-0.2, -0.15) is 5.10 Å². The Morgan fingerprint density at radius 1 is 1.11 bits per heavy atom. The van der Waals surface area contributed by atoms with E-state index >= 15 is 0 Å². The molecule has 0 saturated heterocycles. The molecule has 4 saturated carbocycles. The van der Waals surface area contributed by atoms with Crippen molar-refractivity contribution in [3.63, 3.8) is 0 Å². The summed E-state index contributed by atoms with van der Waals surface area (Å²) in [4.78, 5) is 18.2. The van der Waals surface area contributed by atoms with Crippen molar-refractivity contribution in [2.24, 2.45) is 46.3 Å². The molecule has 4 aliphatic rings. The van der Waals surface area contributed by atoms with Crippen molar-refractivity contribution in [1.82, 2.24) is 14.8 Å². The Morgan fingerprint density at radius 2 is 1.94 bits per heavy atom. The second-order valence-electron chi connectivity index (χ2n) is 13.9. The van der Waals surface area contributed by atoms with Crippen LogP contribution >= 0.6 is 0 Å².